The summed E-state index contributed by atoms with van der Waals surface area (Å²) in [6, 6.07) is 10.0. The van der Waals surface area contributed by atoms with Gasteiger partial charge in [-0.25, -0.2) is 9.97 Å². The molecule has 2 atom stereocenters. The average molecular weight is 368 g/mol. The molecule has 0 spiro atoms. The fraction of sp³-hybridized carbons (Fsp3) is 0.476. The van der Waals surface area contributed by atoms with E-state index in [-0.39, 0.29) is 17.9 Å². The van der Waals surface area contributed by atoms with Crippen LogP contribution in [-0.2, 0) is 11.2 Å². The van der Waals surface area contributed by atoms with Gasteiger partial charge in [0.1, 0.15) is 5.75 Å². The molecule has 2 heterocycles. The van der Waals surface area contributed by atoms with E-state index in [1.165, 1.54) is 5.56 Å². The number of amides is 1. The van der Waals surface area contributed by atoms with Crippen molar-refractivity contribution in [2.45, 2.75) is 38.6 Å². The number of hydrogen-bond acceptors (Lipinski definition) is 5. The van der Waals surface area contributed by atoms with Crippen molar-refractivity contribution in [1.82, 2.24) is 15.3 Å². The third-order valence-electron chi connectivity index (χ3n) is 5.04. The van der Waals surface area contributed by atoms with E-state index in [4.69, 9.17) is 4.74 Å². The standard InChI is InChI=1S/C21H28N4O2/c1-16(6-7-17-8-10-19(27-2)11-9-17)24-20(26)18-5-3-14-25(15-18)21-22-12-4-13-23-21/h4,8-13,16,18H,3,5-7,14-15H2,1-2H3,(H,24,26)/t16-,18-/m0/s1. The molecule has 1 aliphatic rings. The molecular formula is C21H28N4O2. The van der Waals surface area contributed by atoms with Gasteiger partial charge in [0.25, 0.3) is 0 Å². The van der Waals surface area contributed by atoms with E-state index in [0.717, 1.165) is 38.0 Å². The molecule has 0 unspecified atom stereocenters. The number of anilines is 1. The Morgan fingerprint density at radius 2 is 2.04 bits per heavy atom. The van der Waals surface area contributed by atoms with Gasteiger partial charge in [0.05, 0.1) is 13.0 Å². The Morgan fingerprint density at radius 1 is 1.30 bits per heavy atom. The molecular weight excluding hydrogens is 340 g/mol. The summed E-state index contributed by atoms with van der Waals surface area (Å²) < 4.78 is 5.19. The van der Waals surface area contributed by atoms with E-state index in [1.807, 2.05) is 18.2 Å². The normalized spacial score (nSPS) is 18.0. The molecule has 0 bridgehead atoms. The van der Waals surface area contributed by atoms with E-state index in [1.54, 1.807) is 19.5 Å². The van der Waals surface area contributed by atoms with Crippen molar-refractivity contribution in [2.75, 3.05) is 25.1 Å². The smallest absolute Gasteiger partial charge is 0.225 e. The molecule has 2 aromatic rings. The maximum atomic E-state index is 12.7. The Hall–Kier alpha value is -2.63. The molecule has 1 aromatic heterocycles. The summed E-state index contributed by atoms with van der Waals surface area (Å²) in [5.74, 6) is 1.70. The predicted octanol–water partition coefficient (Wildman–Crippen LogP) is 2.84. The molecule has 0 radical (unpaired) electrons. The second kappa shape index (κ2) is 9.35. The first-order chi connectivity index (χ1) is 13.2. The Kier molecular flexibility index (Phi) is 6.63. The summed E-state index contributed by atoms with van der Waals surface area (Å²) in [7, 11) is 1.67. The molecule has 0 aliphatic carbocycles. The van der Waals surface area contributed by atoms with Gasteiger partial charge >= 0.3 is 0 Å². The number of nitrogens with zero attached hydrogens (tertiary/aromatic N) is 3. The van der Waals surface area contributed by atoms with E-state index in [9.17, 15) is 4.79 Å². The molecule has 3 rings (SSSR count). The number of piperidine rings is 1. The van der Waals surface area contributed by atoms with Crippen molar-refractivity contribution in [3.8, 4) is 5.75 Å². The topological polar surface area (TPSA) is 67.3 Å². The lowest BCUT2D eigenvalue weighted by atomic mass is 9.96. The molecule has 1 amide bonds. The van der Waals surface area contributed by atoms with Crippen LogP contribution in [0.2, 0.25) is 0 Å². The average Bonchev–Trinajstić information content (AvgIpc) is 2.73. The number of carbonyl (C=O) groups is 1. The molecule has 144 valence electrons. The first-order valence-corrected chi connectivity index (χ1v) is 9.61. The summed E-state index contributed by atoms with van der Waals surface area (Å²) >= 11 is 0. The first kappa shape index (κ1) is 19.1. The highest BCUT2D eigenvalue weighted by atomic mass is 16.5. The summed E-state index contributed by atoms with van der Waals surface area (Å²) in [6.45, 7) is 3.66. The molecule has 1 aliphatic heterocycles. The SMILES string of the molecule is COc1ccc(CC[C@H](C)NC(=O)[C@H]2CCCN(c3ncccn3)C2)cc1. The Balaban J connectivity index is 1.47. The van der Waals surface area contributed by atoms with Crippen LogP contribution >= 0.6 is 0 Å². The molecule has 6 heteroatoms. The zero-order valence-corrected chi connectivity index (χ0v) is 16.1. The maximum absolute atomic E-state index is 12.7. The Labute approximate surface area is 161 Å². The molecule has 1 N–H and O–H groups in total. The lowest BCUT2D eigenvalue weighted by Crippen LogP contribution is -2.45. The fourth-order valence-electron chi connectivity index (χ4n) is 3.44. The fourth-order valence-corrected chi connectivity index (χ4v) is 3.44. The first-order valence-electron chi connectivity index (χ1n) is 9.61. The number of ether oxygens (including phenoxy) is 1. The number of hydrogen-bond donors (Lipinski definition) is 1. The zero-order chi connectivity index (χ0) is 19.1. The molecule has 1 fully saturated rings. The largest absolute Gasteiger partial charge is 0.497 e. The van der Waals surface area contributed by atoms with Crippen LogP contribution in [0.15, 0.2) is 42.7 Å². The van der Waals surface area contributed by atoms with Crippen molar-refractivity contribution in [3.05, 3.63) is 48.3 Å². The number of methoxy groups -OCH3 is 1. The van der Waals surface area contributed by atoms with Gasteiger partial charge in [0.15, 0.2) is 0 Å². The number of rotatable bonds is 7. The van der Waals surface area contributed by atoms with Gasteiger partial charge in [-0.1, -0.05) is 12.1 Å². The van der Waals surface area contributed by atoms with Crippen molar-refractivity contribution in [3.63, 3.8) is 0 Å². The number of nitrogens with one attached hydrogen (secondary N) is 1. The quantitative estimate of drug-likeness (QED) is 0.814. The van der Waals surface area contributed by atoms with Crippen molar-refractivity contribution in [1.29, 1.82) is 0 Å². The number of benzene rings is 1. The van der Waals surface area contributed by atoms with Gasteiger partial charge in [-0.05, 0) is 56.4 Å². The third-order valence-corrected chi connectivity index (χ3v) is 5.04. The van der Waals surface area contributed by atoms with E-state index in [2.05, 4.69) is 39.2 Å². The summed E-state index contributed by atoms with van der Waals surface area (Å²) in [5.41, 5.74) is 1.25. The minimum Gasteiger partial charge on any atom is -0.497 e. The van der Waals surface area contributed by atoms with Crippen LogP contribution < -0.4 is 15.0 Å². The number of aryl methyl sites for hydroxylation is 1. The van der Waals surface area contributed by atoms with Crippen molar-refractivity contribution in [2.24, 2.45) is 5.92 Å². The lowest BCUT2D eigenvalue weighted by molar-refractivity contribution is -0.125. The monoisotopic (exact) mass is 368 g/mol. The van der Waals surface area contributed by atoms with Crippen LogP contribution in [-0.4, -0.2) is 42.1 Å². The van der Waals surface area contributed by atoms with Gasteiger partial charge in [-0.2, -0.15) is 0 Å². The summed E-state index contributed by atoms with van der Waals surface area (Å²) in [6.07, 6.45) is 7.23. The zero-order valence-electron chi connectivity index (χ0n) is 16.1. The van der Waals surface area contributed by atoms with Crippen LogP contribution in [0.3, 0.4) is 0 Å². The second-order valence-corrected chi connectivity index (χ2v) is 7.13. The highest BCUT2D eigenvalue weighted by molar-refractivity contribution is 5.79. The Morgan fingerprint density at radius 3 is 2.74 bits per heavy atom. The number of aromatic nitrogens is 2. The van der Waals surface area contributed by atoms with Crippen LogP contribution in [0.25, 0.3) is 0 Å². The van der Waals surface area contributed by atoms with Gasteiger partial charge in [0, 0.05) is 31.5 Å². The van der Waals surface area contributed by atoms with Gasteiger partial charge in [0.2, 0.25) is 11.9 Å². The van der Waals surface area contributed by atoms with Crippen molar-refractivity contribution < 1.29 is 9.53 Å². The van der Waals surface area contributed by atoms with E-state index in [0.29, 0.717) is 12.5 Å². The highest BCUT2D eigenvalue weighted by Gasteiger charge is 2.27. The molecule has 1 saturated heterocycles. The van der Waals surface area contributed by atoms with Crippen molar-refractivity contribution >= 4 is 11.9 Å². The summed E-state index contributed by atoms with van der Waals surface area (Å²) in [5, 5.41) is 3.18. The Bertz CT molecular complexity index is 721. The maximum Gasteiger partial charge on any atom is 0.225 e. The van der Waals surface area contributed by atoms with Gasteiger partial charge < -0.3 is 15.0 Å². The predicted molar refractivity (Wildman–Crippen MR) is 106 cm³/mol. The molecule has 0 saturated carbocycles. The van der Waals surface area contributed by atoms with Crippen LogP contribution in [0.4, 0.5) is 5.95 Å². The van der Waals surface area contributed by atoms with Gasteiger partial charge in [-0.15, -0.1) is 0 Å². The van der Waals surface area contributed by atoms with Crippen LogP contribution in [0.5, 0.6) is 5.75 Å². The lowest BCUT2D eigenvalue weighted by Gasteiger charge is -2.32. The molecule has 27 heavy (non-hydrogen) atoms. The highest BCUT2D eigenvalue weighted by Crippen LogP contribution is 2.20. The minimum atomic E-state index is -0.00834. The van der Waals surface area contributed by atoms with E-state index >= 15 is 0 Å². The molecule has 1 aromatic carbocycles. The van der Waals surface area contributed by atoms with Crippen LogP contribution in [0.1, 0.15) is 31.7 Å². The second-order valence-electron chi connectivity index (χ2n) is 7.13. The molecule has 6 nitrogen and oxygen atoms in total. The van der Waals surface area contributed by atoms with Gasteiger partial charge in [-0.3, -0.25) is 4.79 Å². The van der Waals surface area contributed by atoms with E-state index < -0.39 is 0 Å². The van der Waals surface area contributed by atoms with Crippen LogP contribution in [0, 0.1) is 5.92 Å². The number of carbonyl (C=O) groups excluding carboxylic acids is 1. The third kappa shape index (κ3) is 5.42. The summed E-state index contributed by atoms with van der Waals surface area (Å²) in [4.78, 5) is 23.4. The minimum absolute atomic E-state index is 0.00834.